The van der Waals surface area contributed by atoms with Crippen LogP contribution in [0.1, 0.15) is 37.0 Å². The Morgan fingerprint density at radius 2 is 2.29 bits per heavy atom. The van der Waals surface area contributed by atoms with Crippen molar-refractivity contribution in [2.45, 2.75) is 31.2 Å². The summed E-state index contributed by atoms with van der Waals surface area (Å²) in [6.07, 6.45) is 5.36. The summed E-state index contributed by atoms with van der Waals surface area (Å²) in [5, 5.41) is 0. The molecule has 2 aromatic heterocycles. The molecular weight excluding hydrogens is 264 g/mol. The fourth-order valence-corrected chi connectivity index (χ4v) is 3.66. The van der Waals surface area contributed by atoms with Gasteiger partial charge in [-0.05, 0) is 45.0 Å². The highest BCUT2D eigenvalue weighted by atomic mass is 16.5. The maximum absolute atomic E-state index is 5.69. The number of imidazole rings is 1. The molecular formula is C16H22N4O. The quantitative estimate of drug-likeness (QED) is 0.849. The Hall–Kier alpha value is -1.46. The van der Waals surface area contributed by atoms with Gasteiger partial charge in [-0.25, -0.2) is 9.97 Å². The van der Waals surface area contributed by atoms with E-state index < -0.39 is 0 Å². The van der Waals surface area contributed by atoms with Gasteiger partial charge in [0, 0.05) is 25.3 Å². The normalized spacial score (nSPS) is 27.5. The number of hydrogen-bond acceptors (Lipinski definition) is 4. The lowest BCUT2D eigenvalue weighted by atomic mass is 10.0. The van der Waals surface area contributed by atoms with Crippen molar-refractivity contribution in [2.75, 3.05) is 33.4 Å². The van der Waals surface area contributed by atoms with E-state index in [9.17, 15) is 0 Å². The van der Waals surface area contributed by atoms with Gasteiger partial charge in [-0.1, -0.05) is 0 Å². The van der Waals surface area contributed by atoms with Gasteiger partial charge in [-0.15, -0.1) is 0 Å². The van der Waals surface area contributed by atoms with Gasteiger partial charge in [0.25, 0.3) is 0 Å². The molecule has 0 bridgehead atoms. The SMILES string of the molecule is CN1CCC(n2c(C3CCCOC3)nc3cccnc32)C1. The molecule has 112 valence electrons. The number of rotatable bonds is 2. The van der Waals surface area contributed by atoms with Crippen LogP contribution in [0, 0.1) is 0 Å². The minimum Gasteiger partial charge on any atom is -0.381 e. The van der Waals surface area contributed by atoms with Crippen molar-refractivity contribution >= 4 is 11.2 Å². The summed E-state index contributed by atoms with van der Waals surface area (Å²) in [4.78, 5) is 11.9. The van der Waals surface area contributed by atoms with Crippen molar-refractivity contribution in [2.24, 2.45) is 0 Å². The molecule has 0 aliphatic carbocycles. The van der Waals surface area contributed by atoms with Crippen LogP contribution in [0.3, 0.4) is 0 Å². The zero-order chi connectivity index (χ0) is 14.2. The van der Waals surface area contributed by atoms with Crippen LogP contribution < -0.4 is 0 Å². The highest BCUT2D eigenvalue weighted by Crippen LogP contribution is 2.32. The maximum atomic E-state index is 5.69. The second-order valence-electron chi connectivity index (χ2n) is 6.30. The Labute approximate surface area is 124 Å². The van der Waals surface area contributed by atoms with E-state index in [1.54, 1.807) is 0 Å². The molecule has 2 atom stereocenters. The van der Waals surface area contributed by atoms with Crippen LogP contribution in [0.4, 0.5) is 0 Å². The van der Waals surface area contributed by atoms with Gasteiger partial charge in [0.1, 0.15) is 11.3 Å². The van der Waals surface area contributed by atoms with Gasteiger partial charge in [0.05, 0.1) is 12.6 Å². The van der Waals surface area contributed by atoms with Crippen molar-refractivity contribution < 1.29 is 4.74 Å². The molecule has 2 aliphatic rings. The molecule has 4 rings (SSSR count). The minimum atomic E-state index is 0.416. The highest BCUT2D eigenvalue weighted by molar-refractivity contribution is 5.71. The van der Waals surface area contributed by atoms with Crippen LogP contribution in [-0.2, 0) is 4.74 Å². The van der Waals surface area contributed by atoms with Crippen molar-refractivity contribution in [3.63, 3.8) is 0 Å². The number of likely N-dealkylation sites (tertiary alicyclic amines) is 1. The summed E-state index contributed by atoms with van der Waals surface area (Å²) in [5.41, 5.74) is 2.06. The molecule has 2 aliphatic heterocycles. The lowest BCUT2D eigenvalue weighted by molar-refractivity contribution is 0.0767. The predicted octanol–water partition coefficient (Wildman–Crippen LogP) is 2.20. The van der Waals surface area contributed by atoms with Crippen molar-refractivity contribution in [1.29, 1.82) is 0 Å². The predicted molar refractivity (Wildman–Crippen MR) is 81.5 cm³/mol. The third-order valence-corrected chi connectivity index (χ3v) is 4.73. The number of ether oxygens (including phenoxy) is 1. The fourth-order valence-electron chi connectivity index (χ4n) is 3.66. The monoisotopic (exact) mass is 286 g/mol. The molecule has 5 nitrogen and oxygen atoms in total. The summed E-state index contributed by atoms with van der Waals surface area (Å²) in [6.45, 7) is 3.92. The molecule has 0 aromatic carbocycles. The van der Waals surface area contributed by atoms with Gasteiger partial charge >= 0.3 is 0 Å². The molecule has 0 spiro atoms. The lowest BCUT2D eigenvalue weighted by Crippen LogP contribution is -2.23. The molecule has 21 heavy (non-hydrogen) atoms. The van der Waals surface area contributed by atoms with E-state index in [2.05, 4.69) is 27.6 Å². The van der Waals surface area contributed by atoms with E-state index in [1.807, 2.05) is 12.3 Å². The zero-order valence-corrected chi connectivity index (χ0v) is 12.5. The third-order valence-electron chi connectivity index (χ3n) is 4.73. The second kappa shape index (κ2) is 5.39. The molecule has 2 aromatic rings. The number of pyridine rings is 1. The smallest absolute Gasteiger partial charge is 0.160 e. The van der Waals surface area contributed by atoms with Crippen LogP contribution >= 0.6 is 0 Å². The van der Waals surface area contributed by atoms with E-state index in [-0.39, 0.29) is 0 Å². The average Bonchev–Trinajstić information content (AvgIpc) is 3.11. The molecule has 0 N–H and O–H groups in total. The van der Waals surface area contributed by atoms with Gasteiger partial charge in [-0.2, -0.15) is 0 Å². The third kappa shape index (κ3) is 2.34. The second-order valence-corrected chi connectivity index (χ2v) is 6.30. The molecule has 0 radical (unpaired) electrons. The minimum absolute atomic E-state index is 0.416. The van der Waals surface area contributed by atoms with Crippen LogP contribution in [0.15, 0.2) is 18.3 Å². The first kappa shape index (κ1) is 13.2. The largest absolute Gasteiger partial charge is 0.381 e. The first-order valence-corrected chi connectivity index (χ1v) is 7.92. The summed E-state index contributed by atoms with van der Waals surface area (Å²) < 4.78 is 8.09. The number of aromatic nitrogens is 3. The Morgan fingerprint density at radius 3 is 3.05 bits per heavy atom. The Bertz CT molecular complexity index is 632. The van der Waals surface area contributed by atoms with E-state index in [4.69, 9.17) is 9.72 Å². The first-order chi connectivity index (χ1) is 10.3. The maximum Gasteiger partial charge on any atom is 0.160 e. The number of likely N-dealkylation sites (N-methyl/N-ethyl adjacent to an activating group) is 1. The zero-order valence-electron chi connectivity index (χ0n) is 12.5. The van der Waals surface area contributed by atoms with Crippen molar-refractivity contribution in [3.05, 3.63) is 24.2 Å². The standard InChI is InChI=1S/C16H22N4O/c1-19-8-6-13(10-19)20-15(12-4-3-9-21-11-12)18-14-5-2-7-17-16(14)20/h2,5,7,12-13H,3-4,6,8-11H2,1H3. The molecule has 0 saturated carbocycles. The Morgan fingerprint density at radius 1 is 1.33 bits per heavy atom. The van der Waals surface area contributed by atoms with E-state index >= 15 is 0 Å². The first-order valence-electron chi connectivity index (χ1n) is 7.92. The molecule has 2 saturated heterocycles. The highest BCUT2D eigenvalue weighted by Gasteiger charge is 2.30. The fraction of sp³-hybridized carbons (Fsp3) is 0.625. The van der Waals surface area contributed by atoms with Crippen LogP contribution in [0.5, 0.6) is 0 Å². The molecule has 4 heterocycles. The van der Waals surface area contributed by atoms with Gasteiger partial charge in [0.2, 0.25) is 0 Å². The molecule has 2 fully saturated rings. The number of nitrogens with zero attached hydrogens (tertiary/aromatic N) is 4. The summed E-state index contributed by atoms with van der Waals surface area (Å²) in [7, 11) is 2.19. The summed E-state index contributed by atoms with van der Waals surface area (Å²) in [5.74, 6) is 1.60. The molecule has 5 heteroatoms. The van der Waals surface area contributed by atoms with Crippen LogP contribution in [-0.4, -0.2) is 52.8 Å². The summed E-state index contributed by atoms with van der Waals surface area (Å²) >= 11 is 0. The van der Waals surface area contributed by atoms with E-state index in [0.717, 1.165) is 43.9 Å². The number of fused-ring (bicyclic) bond motifs is 1. The molecule has 0 amide bonds. The topological polar surface area (TPSA) is 43.2 Å². The van der Waals surface area contributed by atoms with Crippen molar-refractivity contribution in [1.82, 2.24) is 19.4 Å². The van der Waals surface area contributed by atoms with E-state index in [0.29, 0.717) is 12.0 Å². The number of hydrogen-bond donors (Lipinski definition) is 0. The Kier molecular flexibility index (Phi) is 3.39. The van der Waals surface area contributed by atoms with Crippen LogP contribution in [0.25, 0.3) is 11.2 Å². The van der Waals surface area contributed by atoms with Gasteiger partial charge < -0.3 is 14.2 Å². The Balaban J connectivity index is 1.80. The van der Waals surface area contributed by atoms with Crippen LogP contribution in [0.2, 0.25) is 0 Å². The van der Waals surface area contributed by atoms with Gasteiger partial charge in [-0.3, -0.25) is 0 Å². The van der Waals surface area contributed by atoms with Crippen molar-refractivity contribution in [3.8, 4) is 0 Å². The van der Waals surface area contributed by atoms with E-state index in [1.165, 1.54) is 18.7 Å². The average molecular weight is 286 g/mol. The lowest BCUT2D eigenvalue weighted by Gasteiger charge is -2.24. The molecule has 2 unspecified atom stereocenters. The van der Waals surface area contributed by atoms with Gasteiger partial charge in [0.15, 0.2) is 5.65 Å². The summed E-state index contributed by atoms with van der Waals surface area (Å²) in [6, 6.07) is 4.54.